The number of hydrogen-bond donors (Lipinski definition) is 1. The van der Waals surface area contributed by atoms with Crippen LogP contribution >= 0.6 is 0 Å². The fraction of sp³-hybridized carbons (Fsp3) is 0.417. The van der Waals surface area contributed by atoms with Gasteiger partial charge in [-0.1, -0.05) is 18.2 Å². The van der Waals surface area contributed by atoms with Crippen LogP contribution in [0.25, 0.3) is 0 Å². The lowest BCUT2D eigenvalue weighted by molar-refractivity contribution is -0.124. The molecule has 1 N–H and O–H groups in total. The second-order valence-electron chi connectivity index (χ2n) is 3.54. The third-order valence-electron chi connectivity index (χ3n) is 2.24. The fourth-order valence-electron chi connectivity index (χ4n) is 1.36. The maximum Gasteiger partial charge on any atom is 0.246 e. The lowest BCUT2D eigenvalue weighted by Gasteiger charge is -2.19. The zero-order valence-corrected chi connectivity index (χ0v) is 9.77. The number of carbonyl (C=O) groups is 1. The van der Waals surface area contributed by atoms with Crippen molar-refractivity contribution in [2.75, 3.05) is 38.8 Å². The van der Waals surface area contributed by atoms with Gasteiger partial charge in [0.1, 0.15) is 6.61 Å². The van der Waals surface area contributed by atoms with Crippen LogP contribution in [-0.4, -0.2) is 39.8 Å². The number of carbonyl (C=O) groups excluding carboxylic acids is 1. The van der Waals surface area contributed by atoms with Crippen LogP contribution in [0, 0.1) is 0 Å². The lowest BCUT2D eigenvalue weighted by atomic mass is 10.3. The van der Waals surface area contributed by atoms with Crippen molar-refractivity contribution in [1.29, 1.82) is 0 Å². The highest BCUT2D eigenvalue weighted by molar-refractivity contribution is 5.77. The molecule has 0 aliphatic carbocycles. The van der Waals surface area contributed by atoms with Gasteiger partial charge < -0.3 is 15.0 Å². The summed E-state index contributed by atoms with van der Waals surface area (Å²) < 4.78 is 4.72. The van der Waals surface area contributed by atoms with Crippen LogP contribution in [0.2, 0.25) is 0 Å². The zero-order valence-electron chi connectivity index (χ0n) is 9.77. The van der Waals surface area contributed by atoms with Crippen LogP contribution in [-0.2, 0) is 9.53 Å². The summed E-state index contributed by atoms with van der Waals surface area (Å²) >= 11 is 0. The average Bonchev–Trinajstić information content (AvgIpc) is 2.30. The normalized spacial score (nSPS) is 9.88. The van der Waals surface area contributed by atoms with Gasteiger partial charge in [-0.05, 0) is 12.1 Å². The highest BCUT2D eigenvalue weighted by Crippen LogP contribution is 2.09. The van der Waals surface area contributed by atoms with E-state index in [0.717, 1.165) is 12.2 Å². The molecule has 0 fully saturated rings. The number of likely N-dealkylation sites (N-methyl/N-ethyl adjacent to an activating group) is 1. The number of para-hydroxylation sites is 1. The molecule has 0 aliphatic rings. The van der Waals surface area contributed by atoms with Crippen molar-refractivity contribution in [1.82, 2.24) is 5.32 Å². The molecule has 4 heteroatoms. The summed E-state index contributed by atoms with van der Waals surface area (Å²) in [5, 5.41) is 2.78. The number of nitrogens with one attached hydrogen (secondary N) is 1. The lowest BCUT2D eigenvalue weighted by Crippen LogP contribution is -2.34. The maximum atomic E-state index is 11.1. The minimum absolute atomic E-state index is 0.0797. The van der Waals surface area contributed by atoms with Crippen molar-refractivity contribution < 1.29 is 9.53 Å². The van der Waals surface area contributed by atoms with Crippen molar-refractivity contribution in [3.05, 3.63) is 30.3 Å². The van der Waals surface area contributed by atoms with Crippen molar-refractivity contribution in [3.8, 4) is 0 Å². The van der Waals surface area contributed by atoms with Gasteiger partial charge in [-0.2, -0.15) is 0 Å². The first-order valence-electron chi connectivity index (χ1n) is 5.26. The summed E-state index contributed by atoms with van der Waals surface area (Å²) in [5.41, 5.74) is 1.14. The van der Waals surface area contributed by atoms with Crippen LogP contribution in [0.5, 0.6) is 0 Å². The Morgan fingerprint density at radius 2 is 2.06 bits per heavy atom. The molecule has 88 valence electrons. The van der Waals surface area contributed by atoms with Crippen LogP contribution in [0.1, 0.15) is 0 Å². The Balaban J connectivity index is 2.26. The van der Waals surface area contributed by atoms with Crippen molar-refractivity contribution in [2.45, 2.75) is 0 Å². The molecular formula is C12H18N2O2. The van der Waals surface area contributed by atoms with E-state index in [9.17, 15) is 4.79 Å². The highest BCUT2D eigenvalue weighted by Gasteiger charge is 2.01. The third-order valence-corrected chi connectivity index (χ3v) is 2.24. The molecule has 1 rings (SSSR count). The maximum absolute atomic E-state index is 11.1. The number of amides is 1. The molecule has 1 aromatic carbocycles. The van der Waals surface area contributed by atoms with Gasteiger partial charge in [-0.3, -0.25) is 4.79 Å². The van der Waals surface area contributed by atoms with Gasteiger partial charge in [0.25, 0.3) is 0 Å². The van der Waals surface area contributed by atoms with Gasteiger partial charge in [0.2, 0.25) is 5.91 Å². The van der Waals surface area contributed by atoms with Gasteiger partial charge in [0, 0.05) is 32.9 Å². The Morgan fingerprint density at radius 3 is 2.69 bits per heavy atom. The average molecular weight is 222 g/mol. The van der Waals surface area contributed by atoms with Gasteiger partial charge in [-0.25, -0.2) is 0 Å². The van der Waals surface area contributed by atoms with Crippen molar-refractivity contribution in [2.24, 2.45) is 0 Å². The summed E-state index contributed by atoms with van der Waals surface area (Å²) in [5.74, 6) is -0.0797. The summed E-state index contributed by atoms with van der Waals surface area (Å²) in [6, 6.07) is 10.1. The molecule has 0 saturated carbocycles. The Bertz CT molecular complexity index is 314. The van der Waals surface area contributed by atoms with E-state index in [-0.39, 0.29) is 12.5 Å². The Labute approximate surface area is 96.2 Å². The molecular weight excluding hydrogens is 204 g/mol. The van der Waals surface area contributed by atoms with Crippen LogP contribution in [0.4, 0.5) is 5.69 Å². The molecule has 0 spiro atoms. The number of anilines is 1. The number of rotatable bonds is 6. The molecule has 0 atom stereocenters. The van der Waals surface area contributed by atoms with E-state index in [1.165, 1.54) is 7.11 Å². The summed E-state index contributed by atoms with van der Waals surface area (Å²) in [4.78, 5) is 13.2. The second-order valence-corrected chi connectivity index (χ2v) is 3.54. The van der Waals surface area contributed by atoms with E-state index >= 15 is 0 Å². The Morgan fingerprint density at radius 1 is 1.38 bits per heavy atom. The first-order chi connectivity index (χ1) is 7.74. The first-order valence-corrected chi connectivity index (χ1v) is 5.26. The van der Waals surface area contributed by atoms with E-state index in [1.54, 1.807) is 0 Å². The van der Waals surface area contributed by atoms with E-state index in [0.29, 0.717) is 6.54 Å². The van der Waals surface area contributed by atoms with E-state index in [2.05, 4.69) is 10.2 Å². The van der Waals surface area contributed by atoms with E-state index in [1.807, 2.05) is 37.4 Å². The standard InChI is InChI=1S/C12H18N2O2/c1-14(11-6-4-3-5-7-11)9-8-13-12(15)10-16-2/h3-7H,8-10H2,1-2H3,(H,13,15). The molecule has 0 bridgehead atoms. The minimum Gasteiger partial charge on any atom is -0.375 e. The SMILES string of the molecule is COCC(=O)NCCN(C)c1ccccc1. The summed E-state index contributed by atoms with van der Waals surface area (Å²) in [6.07, 6.45) is 0. The smallest absolute Gasteiger partial charge is 0.246 e. The first kappa shape index (κ1) is 12.5. The van der Waals surface area contributed by atoms with E-state index < -0.39 is 0 Å². The van der Waals surface area contributed by atoms with Gasteiger partial charge >= 0.3 is 0 Å². The summed E-state index contributed by atoms with van der Waals surface area (Å²) in [6.45, 7) is 1.52. The molecule has 0 unspecified atom stereocenters. The third kappa shape index (κ3) is 4.31. The quantitative estimate of drug-likeness (QED) is 0.777. The Kier molecular flexibility index (Phi) is 5.36. The van der Waals surface area contributed by atoms with Gasteiger partial charge in [0.15, 0.2) is 0 Å². The molecule has 0 saturated heterocycles. The number of methoxy groups -OCH3 is 1. The molecule has 1 amide bonds. The fourth-order valence-corrected chi connectivity index (χ4v) is 1.36. The van der Waals surface area contributed by atoms with Gasteiger partial charge in [0.05, 0.1) is 0 Å². The Hall–Kier alpha value is -1.55. The molecule has 1 aromatic rings. The number of nitrogens with zero attached hydrogens (tertiary/aromatic N) is 1. The summed E-state index contributed by atoms with van der Waals surface area (Å²) in [7, 11) is 3.51. The topological polar surface area (TPSA) is 41.6 Å². The predicted molar refractivity (Wildman–Crippen MR) is 64.6 cm³/mol. The molecule has 0 radical (unpaired) electrons. The minimum atomic E-state index is -0.0797. The predicted octanol–water partition coefficient (Wildman–Crippen LogP) is 0.885. The highest BCUT2D eigenvalue weighted by atomic mass is 16.5. The van der Waals surface area contributed by atoms with Gasteiger partial charge in [-0.15, -0.1) is 0 Å². The van der Waals surface area contributed by atoms with Crippen molar-refractivity contribution >= 4 is 11.6 Å². The number of hydrogen-bond acceptors (Lipinski definition) is 3. The number of benzene rings is 1. The van der Waals surface area contributed by atoms with Crippen LogP contribution < -0.4 is 10.2 Å². The molecule has 0 heterocycles. The molecule has 0 aromatic heterocycles. The van der Waals surface area contributed by atoms with E-state index in [4.69, 9.17) is 4.74 Å². The monoisotopic (exact) mass is 222 g/mol. The zero-order chi connectivity index (χ0) is 11.8. The molecule has 16 heavy (non-hydrogen) atoms. The molecule has 4 nitrogen and oxygen atoms in total. The molecule has 0 aliphatic heterocycles. The second kappa shape index (κ2) is 6.85. The van der Waals surface area contributed by atoms with Crippen LogP contribution in [0.15, 0.2) is 30.3 Å². The number of ether oxygens (including phenoxy) is 1. The van der Waals surface area contributed by atoms with Crippen molar-refractivity contribution in [3.63, 3.8) is 0 Å². The van der Waals surface area contributed by atoms with Crippen LogP contribution in [0.3, 0.4) is 0 Å². The largest absolute Gasteiger partial charge is 0.375 e.